The number of rotatable bonds is 5. The molecule has 2 aliphatic heterocycles. The second kappa shape index (κ2) is 8.07. The van der Waals surface area contributed by atoms with Gasteiger partial charge in [0.25, 0.3) is 5.91 Å². The minimum absolute atomic E-state index is 0.0655. The van der Waals surface area contributed by atoms with Crippen LogP contribution in [0.1, 0.15) is 53.8 Å². The number of hydrogen-bond acceptors (Lipinski definition) is 5. The topological polar surface area (TPSA) is 76.8 Å². The lowest BCUT2D eigenvalue weighted by molar-refractivity contribution is -0.0573. The van der Waals surface area contributed by atoms with Crippen LogP contribution in [0.15, 0.2) is 36.7 Å². The summed E-state index contributed by atoms with van der Waals surface area (Å²) in [5.74, 6) is 0.684. The van der Waals surface area contributed by atoms with E-state index < -0.39 is 0 Å². The van der Waals surface area contributed by atoms with E-state index in [1.54, 1.807) is 25.4 Å². The van der Waals surface area contributed by atoms with Crippen LogP contribution in [0, 0.1) is 31.5 Å². The van der Waals surface area contributed by atoms with E-state index in [1.807, 2.05) is 19.1 Å². The number of pyridine rings is 2. The standard InChI is InChI=1S/C24H27FN6O/c1-14-4-8-22(31-26-10-11-27-31)23(28-14)24(32)30-19-12-17(13-19)15(2)21(30)9-6-18-5-7-20(25)16(3)29-18/h4-5,7-8,10-11,15,17,19,21H,6,9,12-13H2,1-3H3/t15-,17?,19?,21?/m1/s1. The van der Waals surface area contributed by atoms with Crippen molar-refractivity contribution < 1.29 is 9.18 Å². The van der Waals surface area contributed by atoms with Crippen LogP contribution in [0.4, 0.5) is 4.39 Å². The molecule has 0 radical (unpaired) electrons. The summed E-state index contributed by atoms with van der Waals surface area (Å²) in [5, 5.41) is 8.43. The Hall–Kier alpha value is -3.16. The van der Waals surface area contributed by atoms with Crippen LogP contribution in [0.5, 0.6) is 0 Å². The average Bonchev–Trinajstić information content (AvgIpc) is 3.28. The molecule has 3 fully saturated rings. The Morgan fingerprint density at radius 3 is 2.56 bits per heavy atom. The maximum absolute atomic E-state index is 13.9. The fourth-order valence-electron chi connectivity index (χ4n) is 5.20. The van der Waals surface area contributed by atoms with E-state index in [1.165, 1.54) is 10.9 Å². The summed E-state index contributed by atoms with van der Waals surface area (Å²) >= 11 is 0. The summed E-state index contributed by atoms with van der Waals surface area (Å²) in [4.78, 5) is 26.4. The van der Waals surface area contributed by atoms with Gasteiger partial charge in [-0.25, -0.2) is 9.37 Å². The SMILES string of the molecule is Cc1ccc(-n2nccn2)c(C(=O)N2C3CC(C3)[C@@H](C)C2CCc2ccc(F)c(C)n2)n1. The van der Waals surface area contributed by atoms with Gasteiger partial charge in [0.15, 0.2) is 5.69 Å². The highest BCUT2D eigenvalue weighted by atomic mass is 19.1. The van der Waals surface area contributed by atoms with Crippen molar-refractivity contribution >= 4 is 5.91 Å². The monoisotopic (exact) mass is 434 g/mol. The Labute approximate surface area is 186 Å². The van der Waals surface area contributed by atoms with Crippen molar-refractivity contribution in [2.45, 2.75) is 58.5 Å². The summed E-state index contributed by atoms with van der Waals surface area (Å²) in [6.45, 7) is 5.81. The Morgan fingerprint density at radius 2 is 1.84 bits per heavy atom. The zero-order valence-corrected chi connectivity index (χ0v) is 18.6. The molecule has 3 aromatic heterocycles. The van der Waals surface area contributed by atoms with Crippen molar-refractivity contribution in [3.8, 4) is 5.69 Å². The molecule has 6 rings (SSSR count). The number of carbonyl (C=O) groups excluding carboxylic acids is 1. The molecule has 2 saturated heterocycles. The van der Waals surface area contributed by atoms with Gasteiger partial charge in [-0.15, -0.1) is 4.80 Å². The smallest absolute Gasteiger partial charge is 0.275 e. The van der Waals surface area contributed by atoms with Crippen LogP contribution >= 0.6 is 0 Å². The first kappa shape index (κ1) is 20.7. The van der Waals surface area contributed by atoms with E-state index in [0.29, 0.717) is 35.3 Å². The molecule has 2 bridgehead atoms. The van der Waals surface area contributed by atoms with Gasteiger partial charge in [-0.1, -0.05) is 6.92 Å². The number of hydrogen-bond donors (Lipinski definition) is 0. The summed E-state index contributed by atoms with van der Waals surface area (Å²) in [7, 11) is 0. The number of aryl methyl sites for hydroxylation is 3. The molecule has 1 unspecified atom stereocenters. The number of halogens is 1. The van der Waals surface area contributed by atoms with Crippen LogP contribution < -0.4 is 0 Å². The van der Waals surface area contributed by atoms with Crippen molar-refractivity contribution in [3.63, 3.8) is 0 Å². The Morgan fingerprint density at radius 1 is 1.09 bits per heavy atom. The predicted octanol–water partition coefficient (Wildman–Crippen LogP) is 3.69. The molecule has 7 nitrogen and oxygen atoms in total. The summed E-state index contributed by atoms with van der Waals surface area (Å²) in [6, 6.07) is 7.26. The summed E-state index contributed by atoms with van der Waals surface area (Å²) in [5.41, 5.74) is 3.03. The van der Waals surface area contributed by atoms with Crippen LogP contribution in [-0.2, 0) is 6.42 Å². The van der Waals surface area contributed by atoms with Crippen LogP contribution in [0.25, 0.3) is 5.69 Å². The average molecular weight is 435 g/mol. The molecule has 3 aliphatic rings. The van der Waals surface area contributed by atoms with Gasteiger partial charge in [-0.05, 0) is 75.6 Å². The molecule has 5 heterocycles. The molecule has 1 saturated carbocycles. The highest BCUT2D eigenvalue weighted by Gasteiger charge is 2.50. The molecule has 1 amide bonds. The van der Waals surface area contributed by atoms with Crippen molar-refractivity contribution in [3.05, 3.63) is 65.3 Å². The number of aromatic nitrogens is 5. The highest BCUT2D eigenvalue weighted by Crippen LogP contribution is 2.48. The fraction of sp³-hybridized carbons (Fsp3) is 0.458. The molecule has 166 valence electrons. The molecule has 0 aromatic carbocycles. The van der Waals surface area contributed by atoms with Gasteiger partial charge in [0.2, 0.25) is 0 Å². The second-order valence-electron chi connectivity index (χ2n) is 9.07. The third kappa shape index (κ3) is 3.57. The Kier molecular flexibility index (Phi) is 5.23. The van der Waals surface area contributed by atoms with E-state index in [2.05, 4.69) is 32.0 Å². The lowest BCUT2D eigenvalue weighted by Gasteiger charge is -2.57. The van der Waals surface area contributed by atoms with E-state index in [-0.39, 0.29) is 23.8 Å². The minimum Gasteiger partial charge on any atom is -0.331 e. The maximum Gasteiger partial charge on any atom is 0.275 e. The third-order valence-corrected chi connectivity index (χ3v) is 7.11. The number of fused-ring (bicyclic) bond motifs is 2. The maximum atomic E-state index is 13.9. The highest BCUT2D eigenvalue weighted by molar-refractivity contribution is 5.96. The van der Waals surface area contributed by atoms with Gasteiger partial charge in [-0.3, -0.25) is 9.78 Å². The fourth-order valence-corrected chi connectivity index (χ4v) is 5.20. The molecule has 2 atom stereocenters. The lowest BCUT2D eigenvalue weighted by Crippen LogP contribution is -2.63. The predicted molar refractivity (Wildman–Crippen MR) is 117 cm³/mol. The first-order chi connectivity index (χ1) is 15.4. The van der Waals surface area contributed by atoms with Gasteiger partial charge in [-0.2, -0.15) is 10.2 Å². The van der Waals surface area contributed by atoms with Gasteiger partial charge < -0.3 is 4.90 Å². The Balaban J connectivity index is 1.45. The number of piperidine rings is 2. The zero-order valence-electron chi connectivity index (χ0n) is 18.6. The third-order valence-electron chi connectivity index (χ3n) is 7.11. The van der Waals surface area contributed by atoms with Gasteiger partial charge in [0, 0.05) is 23.5 Å². The van der Waals surface area contributed by atoms with E-state index in [0.717, 1.165) is 30.7 Å². The quantitative estimate of drug-likeness (QED) is 0.612. The zero-order chi connectivity index (χ0) is 22.4. The van der Waals surface area contributed by atoms with Crippen molar-refractivity contribution in [2.24, 2.45) is 11.8 Å². The van der Waals surface area contributed by atoms with Crippen molar-refractivity contribution in [2.75, 3.05) is 0 Å². The van der Waals surface area contributed by atoms with Crippen molar-refractivity contribution in [1.29, 1.82) is 0 Å². The molecule has 3 aromatic rings. The molecule has 0 spiro atoms. The summed E-state index contributed by atoms with van der Waals surface area (Å²) in [6.07, 6.45) is 6.76. The van der Waals surface area contributed by atoms with Crippen LogP contribution in [0.2, 0.25) is 0 Å². The van der Waals surface area contributed by atoms with Crippen molar-refractivity contribution in [1.82, 2.24) is 29.9 Å². The molecule has 0 N–H and O–H groups in total. The number of nitrogens with zero attached hydrogens (tertiary/aromatic N) is 6. The van der Waals surface area contributed by atoms with E-state index in [9.17, 15) is 9.18 Å². The Bertz CT molecular complexity index is 1140. The van der Waals surface area contributed by atoms with Gasteiger partial charge in [0.1, 0.15) is 11.5 Å². The minimum atomic E-state index is -0.289. The van der Waals surface area contributed by atoms with Crippen LogP contribution in [0.3, 0.4) is 0 Å². The van der Waals surface area contributed by atoms with Crippen LogP contribution in [-0.4, -0.2) is 47.9 Å². The molecule has 1 aliphatic carbocycles. The number of amides is 1. The normalized spacial score (nSPS) is 24.3. The van der Waals surface area contributed by atoms with E-state index >= 15 is 0 Å². The molecule has 8 heteroatoms. The first-order valence-electron chi connectivity index (χ1n) is 11.2. The molecular weight excluding hydrogens is 407 g/mol. The number of carbonyl (C=O) groups is 1. The second-order valence-corrected chi connectivity index (χ2v) is 9.07. The first-order valence-corrected chi connectivity index (χ1v) is 11.2. The molecular formula is C24H27FN6O. The van der Waals surface area contributed by atoms with Gasteiger partial charge >= 0.3 is 0 Å². The lowest BCUT2D eigenvalue weighted by atomic mass is 9.64. The largest absolute Gasteiger partial charge is 0.331 e. The van der Waals surface area contributed by atoms with E-state index in [4.69, 9.17) is 0 Å². The molecule has 32 heavy (non-hydrogen) atoms. The summed E-state index contributed by atoms with van der Waals surface area (Å²) < 4.78 is 13.6. The van der Waals surface area contributed by atoms with Gasteiger partial charge in [0.05, 0.1) is 18.1 Å².